The molecular formula is C13H11F2NO5. The number of halogens is 2. The van der Waals surface area contributed by atoms with E-state index in [0.717, 1.165) is 0 Å². The highest BCUT2D eigenvalue weighted by atomic mass is 19.3. The SMILES string of the molecule is O=C(ON1C(=O)CCC1=O)c1cccc(OCC(F)F)c1. The molecule has 2 amide bonds. The average Bonchev–Trinajstić information content (AvgIpc) is 2.77. The van der Waals surface area contributed by atoms with Crippen molar-refractivity contribution in [1.82, 2.24) is 5.06 Å². The number of benzene rings is 1. The molecule has 1 fully saturated rings. The van der Waals surface area contributed by atoms with E-state index in [1.165, 1.54) is 24.3 Å². The summed E-state index contributed by atoms with van der Waals surface area (Å²) in [4.78, 5) is 39.1. The number of rotatable bonds is 5. The number of alkyl halides is 2. The van der Waals surface area contributed by atoms with Crippen LogP contribution in [-0.2, 0) is 14.4 Å². The third kappa shape index (κ3) is 3.74. The van der Waals surface area contributed by atoms with Crippen molar-refractivity contribution < 1.29 is 32.7 Å². The van der Waals surface area contributed by atoms with Crippen molar-refractivity contribution in [1.29, 1.82) is 0 Å². The van der Waals surface area contributed by atoms with Crippen molar-refractivity contribution >= 4 is 17.8 Å². The van der Waals surface area contributed by atoms with Crippen LogP contribution >= 0.6 is 0 Å². The molecule has 0 unspecified atom stereocenters. The molecule has 0 radical (unpaired) electrons. The van der Waals surface area contributed by atoms with Gasteiger partial charge >= 0.3 is 5.97 Å². The van der Waals surface area contributed by atoms with E-state index < -0.39 is 30.8 Å². The van der Waals surface area contributed by atoms with Crippen molar-refractivity contribution in [2.75, 3.05) is 6.61 Å². The minimum Gasteiger partial charge on any atom is -0.488 e. The molecule has 0 aromatic heterocycles. The molecule has 0 spiro atoms. The lowest BCUT2D eigenvalue weighted by Gasteiger charge is -2.13. The van der Waals surface area contributed by atoms with Crippen LogP contribution in [-0.4, -0.2) is 35.9 Å². The summed E-state index contributed by atoms with van der Waals surface area (Å²) in [6.07, 6.45) is -2.66. The summed E-state index contributed by atoms with van der Waals surface area (Å²) in [5, 5.41) is 0.412. The van der Waals surface area contributed by atoms with E-state index in [9.17, 15) is 23.2 Å². The number of hydrogen-bond acceptors (Lipinski definition) is 5. The van der Waals surface area contributed by atoms with Gasteiger partial charge in [-0.25, -0.2) is 13.6 Å². The van der Waals surface area contributed by atoms with E-state index in [0.29, 0.717) is 5.06 Å². The van der Waals surface area contributed by atoms with E-state index >= 15 is 0 Å². The lowest BCUT2D eigenvalue weighted by Crippen LogP contribution is -2.32. The van der Waals surface area contributed by atoms with Crippen molar-refractivity contribution in [3.63, 3.8) is 0 Å². The van der Waals surface area contributed by atoms with Gasteiger partial charge in [0.15, 0.2) is 0 Å². The molecule has 8 heteroatoms. The Hall–Kier alpha value is -2.51. The molecule has 21 heavy (non-hydrogen) atoms. The zero-order valence-electron chi connectivity index (χ0n) is 10.8. The highest BCUT2D eigenvalue weighted by Crippen LogP contribution is 2.18. The van der Waals surface area contributed by atoms with Crippen LogP contribution < -0.4 is 4.74 Å². The van der Waals surface area contributed by atoms with Gasteiger partial charge in [-0.1, -0.05) is 6.07 Å². The van der Waals surface area contributed by atoms with Gasteiger partial charge in [0, 0.05) is 12.8 Å². The van der Waals surface area contributed by atoms with Gasteiger partial charge in [-0.3, -0.25) is 9.59 Å². The van der Waals surface area contributed by atoms with Gasteiger partial charge in [0.25, 0.3) is 18.2 Å². The van der Waals surface area contributed by atoms with Crippen molar-refractivity contribution in [3.8, 4) is 5.75 Å². The third-order valence-corrected chi connectivity index (χ3v) is 2.63. The van der Waals surface area contributed by atoms with Crippen LogP contribution in [0.3, 0.4) is 0 Å². The molecule has 6 nitrogen and oxygen atoms in total. The first kappa shape index (κ1) is 14.9. The number of imide groups is 1. The van der Waals surface area contributed by atoms with Crippen LogP contribution in [0.25, 0.3) is 0 Å². The molecule has 1 heterocycles. The minimum atomic E-state index is -2.64. The van der Waals surface area contributed by atoms with Crippen LogP contribution in [0.4, 0.5) is 8.78 Å². The third-order valence-electron chi connectivity index (χ3n) is 2.63. The highest BCUT2D eigenvalue weighted by Gasteiger charge is 2.33. The Balaban J connectivity index is 2.03. The zero-order valence-corrected chi connectivity index (χ0v) is 10.8. The minimum absolute atomic E-state index is 0.0103. The normalized spacial score (nSPS) is 14.7. The van der Waals surface area contributed by atoms with Gasteiger partial charge in [0.2, 0.25) is 0 Å². The van der Waals surface area contributed by atoms with E-state index in [1.54, 1.807) is 0 Å². The van der Waals surface area contributed by atoms with E-state index in [2.05, 4.69) is 0 Å². The average molecular weight is 299 g/mol. The molecule has 2 rings (SSSR count). The summed E-state index contributed by atoms with van der Waals surface area (Å²) in [5.74, 6) is -2.08. The van der Waals surface area contributed by atoms with Gasteiger partial charge in [0.05, 0.1) is 5.56 Å². The molecule has 0 saturated carbocycles. The molecule has 1 aliphatic heterocycles. The fourth-order valence-corrected chi connectivity index (χ4v) is 1.67. The molecule has 1 aromatic carbocycles. The second-order valence-electron chi connectivity index (χ2n) is 4.19. The number of ether oxygens (including phenoxy) is 1. The summed E-state index contributed by atoms with van der Waals surface area (Å²) >= 11 is 0. The Morgan fingerprint density at radius 3 is 2.52 bits per heavy atom. The first-order chi connectivity index (χ1) is 9.97. The fraction of sp³-hybridized carbons (Fsp3) is 0.308. The topological polar surface area (TPSA) is 72.9 Å². The Labute approximate surface area is 118 Å². The van der Waals surface area contributed by atoms with Crippen LogP contribution in [0.15, 0.2) is 24.3 Å². The number of amides is 2. The lowest BCUT2D eigenvalue weighted by atomic mass is 10.2. The second-order valence-corrected chi connectivity index (χ2v) is 4.19. The molecule has 0 aliphatic carbocycles. The van der Waals surface area contributed by atoms with Crippen LogP contribution in [0.2, 0.25) is 0 Å². The number of hydroxylamine groups is 2. The summed E-state index contributed by atoms with van der Waals surface area (Å²) in [5.41, 5.74) is -0.0192. The molecule has 1 saturated heterocycles. The fourth-order valence-electron chi connectivity index (χ4n) is 1.67. The van der Waals surface area contributed by atoms with E-state index in [4.69, 9.17) is 9.57 Å². The number of carbonyl (C=O) groups excluding carboxylic acids is 3. The monoisotopic (exact) mass is 299 g/mol. The maximum Gasteiger partial charge on any atom is 0.364 e. The first-order valence-corrected chi connectivity index (χ1v) is 6.06. The summed E-state index contributed by atoms with van der Waals surface area (Å²) in [6, 6.07) is 5.34. The molecule has 1 aromatic rings. The molecule has 1 aliphatic rings. The Kier molecular flexibility index (Phi) is 4.46. The van der Waals surface area contributed by atoms with Gasteiger partial charge in [-0.2, -0.15) is 0 Å². The quantitative estimate of drug-likeness (QED) is 0.771. The lowest BCUT2D eigenvalue weighted by molar-refractivity contribution is -0.172. The Morgan fingerprint density at radius 2 is 1.90 bits per heavy atom. The highest BCUT2D eigenvalue weighted by molar-refractivity contribution is 6.02. The van der Waals surface area contributed by atoms with E-state index in [1.807, 2.05) is 0 Å². The van der Waals surface area contributed by atoms with Crippen LogP contribution in [0.5, 0.6) is 5.75 Å². The number of hydrogen-bond donors (Lipinski definition) is 0. The largest absolute Gasteiger partial charge is 0.488 e. The van der Waals surface area contributed by atoms with Gasteiger partial charge in [-0.05, 0) is 18.2 Å². The molecular weight excluding hydrogens is 288 g/mol. The predicted octanol–water partition coefficient (Wildman–Crippen LogP) is 1.55. The summed E-state index contributed by atoms with van der Waals surface area (Å²) < 4.78 is 28.8. The molecule has 112 valence electrons. The number of nitrogens with zero attached hydrogens (tertiary/aromatic N) is 1. The van der Waals surface area contributed by atoms with E-state index in [-0.39, 0.29) is 24.2 Å². The van der Waals surface area contributed by atoms with Crippen molar-refractivity contribution in [3.05, 3.63) is 29.8 Å². The van der Waals surface area contributed by atoms with Gasteiger partial charge in [0.1, 0.15) is 12.4 Å². The van der Waals surface area contributed by atoms with Crippen molar-refractivity contribution in [2.24, 2.45) is 0 Å². The molecule has 0 bridgehead atoms. The predicted molar refractivity (Wildman–Crippen MR) is 64.4 cm³/mol. The Bertz CT molecular complexity index is 559. The molecule has 0 N–H and O–H groups in total. The first-order valence-electron chi connectivity index (χ1n) is 6.06. The second kappa shape index (κ2) is 6.29. The summed E-state index contributed by atoms with van der Waals surface area (Å²) in [6.45, 7) is -0.804. The maximum absolute atomic E-state index is 12.0. The Morgan fingerprint density at radius 1 is 1.24 bits per heavy atom. The van der Waals surface area contributed by atoms with Gasteiger partial charge in [-0.15, -0.1) is 5.06 Å². The molecule has 0 atom stereocenters. The smallest absolute Gasteiger partial charge is 0.364 e. The van der Waals surface area contributed by atoms with Gasteiger partial charge < -0.3 is 9.57 Å². The standard InChI is InChI=1S/C13H11F2NO5/c14-10(15)7-20-9-3-1-2-8(6-9)13(19)21-16-11(17)4-5-12(16)18/h1-3,6,10H,4-5,7H2. The summed E-state index contributed by atoms with van der Waals surface area (Å²) in [7, 11) is 0. The van der Waals surface area contributed by atoms with Crippen LogP contribution in [0.1, 0.15) is 23.2 Å². The van der Waals surface area contributed by atoms with Crippen molar-refractivity contribution in [2.45, 2.75) is 19.3 Å². The zero-order chi connectivity index (χ0) is 15.4. The number of carbonyl (C=O) groups is 3. The maximum atomic E-state index is 12.0. The van der Waals surface area contributed by atoms with Crippen LogP contribution in [0, 0.1) is 0 Å².